The third kappa shape index (κ3) is 3.38. The summed E-state index contributed by atoms with van der Waals surface area (Å²) in [5.74, 6) is 0.690. The first-order valence-corrected chi connectivity index (χ1v) is 5.33. The zero-order valence-electron chi connectivity index (χ0n) is 9.75. The van der Waals surface area contributed by atoms with Crippen LogP contribution in [0.1, 0.15) is 40.0 Å². The molecule has 4 N–H and O–H groups in total. The lowest BCUT2D eigenvalue weighted by Gasteiger charge is -2.23. The van der Waals surface area contributed by atoms with Crippen LogP contribution in [0.4, 0.5) is 0 Å². The molecule has 4 nitrogen and oxygen atoms in total. The van der Waals surface area contributed by atoms with Crippen LogP contribution in [0.5, 0.6) is 0 Å². The van der Waals surface area contributed by atoms with Gasteiger partial charge in [0.15, 0.2) is 0 Å². The highest BCUT2D eigenvalue weighted by Crippen LogP contribution is 2.28. The minimum atomic E-state index is 0.0221. The molecule has 1 aliphatic rings. The number of nitrogens with zero attached hydrogens (tertiary/aromatic N) is 2. The minimum absolute atomic E-state index is 0.0221. The van der Waals surface area contributed by atoms with Crippen LogP contribution in [0.15, 0.2) is 21.3 Å². The van der Waals surface area contributed by atoms with Crippen molar-refractivity contribution in [1.82, 2.24) is 0 Å². The largest absolute Gasteiger partial charge is 0.369 e. The third-order valence-electron chi connectivity index (χ3n) is 2.67. The van der Waals surface area contributed by atoms with Gasteiger partial charge in [-0.15, -0.1) is 5.10 Å². The van der Waals surface area contributed by atoms with Crippen LogP contribution in [0.3, 0.4) is 0 Å². The van der Waals surface area contributed by atoms with Crippen molar-refractivity contribution in [2.75, 3.05) is 0 Å². The van der Waals surface area contributed by atoms with Gasteiger partial charge in [0.1, 0.15) is 0 Å². The fourth-order valence-electron chi connectivity index (χ4n) is 1.85. The van der Waals surface area contributed by atoms with Crippen LogP contribution in [-0.2, 0) is 0 Å². The Morgan fingerprint density at radius 3 is 2.53 bits per heavy atom. The highest BCUT2D eigenvalue weighted by molar-refractivity contribution is 6.01. The topological polar surface area (TPSA) is 76.8 Å². The van der Waals surface area contributed by atoms with E-state index in [9.17, 15) is 0 Å². The van der Waals surface area contributed by atoms with Gasteiger partial charge < -0.3 is 11.5 Å². The van der Waals surface area contributed by atoms with Crippen LogP contribution in [0.25, 0.3) is 0 Å². The third-order valence-corrected chi connectivity index (χ3v) is 2.67. The molecule has 0 radical (unpaired) electrons. The number of rotatable bonds is 1. The number of hydrogen-bond acceptors (Lipinski definition) is 2. The molecule has 0 bridgehead atoms. The molecule has 0 amide bonds. The molecule has 1 fully saturated rings. The second kappa shape index (κ2) is 4.96. The molecule has 0 aromatic heterocycles. The van der Waals surface area contributed by atoms with Gasteiger partial charge in [0.2, 0.25) is 5.96 Å². The van der Waals surface area contributed by atoms with E-state index < -0.39 is 0 Å². The van der Waals surface area contributed by atoms with Gasteiger partial charge in [-0.05, 0) is 44.6 Å². The second-order valence-electron chi connectivity index (χ2n) is 4.40. The summed E-state index contributed by atoms with van der Waals surface area (Å²) >= 11 is 0. The normalized spacial score (nSPS) is 24.1. The van der Waals surface area contributed by atoms with Gasteiger partial charge in [-0.2, -0.15) is 5.10 Å². The van der Waals surface area contributed by atoms with Gasteiger partial charge in [-0.1, -0.05) is 12.5 Å². The Morgan fingerprint density at radius 1 is 1.33 bits per heavy atom. The highest BCUT2D eigenvalue weighted by atomic mass is 15.3. The second-order valence-corrected chi connectivity index (χ2v) is 4.40. The molecule has 84 valence electrons. The summed E-state index contributed by atoms with van der Waals surface area (Å²) in [5, 5.41) is 7.87. The Bertz CT molecular complexity index is 317. The summed E-state index contributed by atoms with van der Waals surface area (Å²) < 4.78 is 0. The SMILES string of the molecule is CC(C)=C1CCC(C)CC1=NN=C(N)N. The van der Waals surface area contributed by atoms with Crippen LogP contribution >= 0.6 is 0 Å². The minimum Gasteiger partial charge on any atom is -0.369 e. The first kappa shape index (κ1) is 11.8. The molecular weight excluding hydrogens is 188 g/mol. The zero-order valence-corrected chi connectivity index (χ0v) is 9.75. The quantitative estimate of drug-likeness (QED) is 0.391. The molecule has 15 heavy (non-hydrogen) atoms. The van der Waals surface area contributed by atoms with E-state index >= 15 is 0 Å². The number of hydrogen-bond donors (Lipinski definition) is 2. The monoisotopic (exact) mass is 208 g/mol. The van der Waals surface area contributed by atoms with Gasteiger partial charge in [-0.25, -0.2) is 0 Å². The molecular formula is C11H20N4. The van der Waals surface area contributed by atoms with Crippen molar-refractivity contribution in [2.24, 2.45) is 27.6 Å². The Kier molecular flexibility index (Phi) is 3.88. The molecule has 0 spiro atoms. The summed E-state index contributed by atoms with van der Waals surface area (Å²) in [4.78, 5) is 0. The number of guanidine groups is 1. The predicted octanol–water partition coefficient (Wildman–Crippen LogP) is 1.77. The Hall–Kier alpha value is -1.32. The Morgan fingerprint density at radius 2 is 2.00 bits per heavy atom. The van der Waals surface area contributed by atoms with E-state index in [1.54, 1.807) is 0 Å². The molecule has 1 rings (SSSR count). The molecule has 4 heteroatoms. The predicted molar refractivity (Wildman–Crippen MR) is 64.6 cm³/mol. The van der Waals surface area contributed by atoms with E-state index in [2.05, 4.69) is 31.0 Å². The smallest absolute Gasteiger partial charge is 0.211 e. The zero-order chi connectivity index (χ0) is 11.4. The van der Waals surface area contributed by atoms with Crippen molar-refractivity contribution in [1.29, 1.82) is 0 Å². The lowest BCUT2D eigenvalue weighted by atomic mass is 9.84. The molecule has 1 unspecified atom stereocenters. The van der Waals surface area contributed by atoms with E-state index in [0.717, 1.165) is 18.6 Å². The van der Waals surface area contributed by atoms with E-state index in [-0.39, 0.29) is 5.96 Å². The fourth-order valence-corrected chi connectivity index (χ4v) is 1.85. The molecule has 0 saturated heterocycles. The molecule has 0 aromatic carbocycles. The Balaban J connectivity index is 2.94. The summed E-state index contributed by atoms with van der Waals surface area (Å²) in [7, 11) is 0. The maximum Gasteiger partial charge on any atom is 0.211 e. The van der Waals surface area contributed by atoms with Gasteiger partial charge >= 0.3 is 0 Å². The summed E-state index contributed by atoms with van der Waals surface area (Å²) in [6.45, 7) is 6.44. The molecule has 1 saturated carbocycles. The first-order chi connectivity index (χ1) is 7.00. The average Bonchev–Trinajstić information content (AvgIpc) is 2.14. The van der Waals surface area contributed by atoms with Crippen molar-refractivity contribution in [2.45, 2.75) is 40.0 Å². The lowest BCUT2D eigenvalue weighted by molar-refractivity contribution is 0.532. The van der Waals surface area contributed by atoms with Crippen LogP contribution in [0.2, 0.25) is 0 Å². The van der Waals surface area contributed by atoms with Gasteiger partial charge in [0.05, 0.1) is 5.71 Å². The van der Waals surface area contributed by atoms with Crippen LogP contribution < -0.4 is 11.5 Å². The van der Waals surface area contributed by atoms with Gasteiger partial charge in [0.25, 0.3) is 0 Å². The maximum atomic E-state index is 5.27. The van der Waals surface area contributed by atoms with E-state index in [1.165, 1.54) is 17.6 Å². The maximum absolute atomic E-state index is 5.27. The van der Waals surface area contributed by atoms with E-state index in [1.807, 2.05) is 0 Å². The summed E-state index contributed by atoms with van der Waals surface area (Å²) in [6.07, 6.45) is 3.28. The lowest BCUT2D eigenvalue weighted by Crippen LogP contribution is -2.23. The van der Waals surface area contributed by atoms with E-state index in [0.29, 0.717) is 5.92 Å². The van der Waals surface area contributed by atoms with Gasteiger partial charge in [-0.3, -0.25) is 0 Å². The standard InChI is InChI=1S/C11H20N4/c1-7(2)9-5-4-8(3)6-10(9)14-15-11(12)13/h8H,4-6H2,1-3H3,(H4,12,13,15). The van der Waals surface area contributed by atoms with Crippen LogP contribution in [-0.4, -0.2) is 11.7 Å². The molecule has 1 atom stereocenters. The molecule has 0 aromatic rings. The number of allylic oxidation sites excluding steroid dienone is 2. The fraction of sp³-hybridized carbons (Fsp3) is 0.636. The summed E-state index contributed by atoms with van der Waals surface area (Å²) in [5.41, 5.74) is 14.2. The van der Waals surface area contributed by atoms with Gasteiger partial charge in [0, 0.05) is 0 Å². The van der Waals surface area contributed by atoms with Crippen LogP contribution in [0, 0.1) is 5.92 Å². The highest BCUT2D eigenvalue weighted by Gasteiger charge is 2.19. The first-order valence-electron chi connectivity index (χ1n) is 5.33. The van der Waals surface area contributed by atoms with Crippen molar-refractivity contribution in [3.63, 3.8) is 0 Å². The molecule has 0 heterocycles. The van der Waals surface area contributed by atoms with Crippen molar-refractivity contribution in [3.8, 4) is 0 Å². The van der Waals surface area contributed by atoms with Crippen molar-refractivity contribution >= 4 is 11.7 Å². The summed E-state index contributed by atoms with van der Waals surface area (Å²) in [6, 6.07) is 0. The van der Waals surface area contributed by atoms with Crippen molar-refractivity contribution in [3.05, 3.63) is 11.1 Å². The molecule has 0 aliphatic heterocycles. The average molecular weight is 208 g/mol. The van der Waals surface area contributed by atoms with Crippen molar-refractivity contribution < 1.29 is 0 Å². The van der Waals surface area contributed by atoms with E-state index in [4.69, 9.17) is 11.5 Å². The Labute approximate surface area is 91.1 Å². The number of nitrogens with two attached hydrogens (primary N) is 2. The molecule has 1 aliphatic carbocycles.